The van der Waals surface area contributed by atoms with Crippen LogP contribution in [0.4, 0.5) is 18.0 Å². The molecule has 4 fully saturated rings. The Labute approximate surface area is 352 Å². The second-order valence-corrected chi connectivity index (χ2v) is 19.8. The van der Waals surface area contributed by atoms with Gasteiger partial charge in [-0.05, 0) is 74.3 Å². The van der Waals surface area contributed by atoms with E-state index in [2.05, 4.69) is 26.9 Å². The van der Waals surface area contributed by atoms with Crippen molar-refractivity contribution < 1.29 is 59.7 Å². The number of halogens is 3. The quantitative estimate of drug-likeness (QED) is 0.265. The van der Waals surface area contributed by atoms with Crippen molar-refractivity contribution in [2.24, 2.45) is 17.3 Å². The third-order valence-corrected chi connectivity index (χ3v) is 14.3. The Morgan fingerprint density at radius 1 is 1.10 bits per heavy atom. The molecular formula is C42H54F3N5O10S. The van der Waals surface area contributed by atoms with E-state index in [9.17, 15) is 40.8 Å². The molecule has 0 radical (unpaired) electrons. The van der Waals surface area contributed by atoms with Gasteiger partial charge in [-0.3, -0.25) is 19.1 Å². The standard InChI is InChI=1S/C42H54F3N5O10S/c1-5-26-20-41(26,38(53)49-61(55,56)28-13-14-28)48-36(51)31-17-27-21-50(31)37(52)35(24-10-7-6-8-11-24)47-39(54)59-22-40(2,3)15-9-12-25-16-29-30(18-32(25)57-4)46-34(19-33(29)60-27)58-23-42(43,44)45/h5,16,18-19,24,26-28,31,35H,1,6-15,17,20-23H2,2-4H3,(H,47,54)(H,48,51)(H,49,53)/t26-,27+,31-,35-,41+/m0/s1. The summed E-state index contributed by atoms with van der Waals surface area (Å²) in [5.74, 6) is -3.00. The van der Waals surface area contributed by atoms with Crippen molar-refractivity contribution in [2.75, 3.05) is 26.9 Å². The number of nitrogens with one attached hydrogen (secondary N) is 3. The Morgan fingerprint density at radius 3 is 2.49 bits per heavy atom. The van der Waals surface area contributed by atoms with Gasteiger partial charge in [-0.1, -0.05) is 39.2 Å². The van der Waals surface area contributed by atoms with Crippen molar-refractivity contribution in [3.05, 3.63) is 36.4 Å². The van der Waals surface area contributed by atoms with Crippen LogP contribution in [0.15, 0.2) is 30.9 Å². The highest BCUT2D eigenvalue weighted by atomic mass is 32.2. The van der Waals surface area contributed by atoms with Gasteiger partial charge in [-0.25, -0.2) is 18.2 Å². The van der Waals surface area contributed by atoms with E-state index in [1.165, 1.54) is 24.2 Å². The first-order chi connectivity index (χ1) is 28.8. The summed E-state index contributed by atoms with van der Waals surface area (Å²) in [7, 11) is -2.51. The van der Waals surface area contributed by atoms with E-state index < -0.39 is 86.9 Å². The lowest BCUT2D eigenvalue weighted by Crippen LogP contribution is -2.59. The van der Waals surface area contributed by atoms with E-state index in [1.807, 2.05) is 13.8 Å². The Balaban J connectivity index is 1.28. The van der Waals surface area contributed by atoms with Crippen LogP contribution in [-0.4, -0.2) is 104 Å². The van der Waals surface area contributed by atoms with Crippen molar-refractivity contribution in [3.63, 3.8) is 0 Å². The lowest BCUT2D eigenvalue weighted by Gasteiger charge is -2.35. The molecule has 1 aromatic heterocycles. The fourth-order valence-corrected chi connectivity index (χ4v) is 10.2. The van der Waals surface area contributed by atoms with E-state index in [4.69, 9.17) is 18.9 Å². The number of amides is 4. The Bertz CT molecular complexity index is 2160. The summed E-state index contributed by atoms with van der Waals surface area (Å²) in [5.41, 5.74) is -1.16. The number of hydrogen-bond acceptors (Lipinski definition) is 11. The summed E-state index contributed by atoms with van der Waals surface area (Å²) in [6.45, 7) is 5.90. The van der Waals surface area contributed by atoms with Gasteiger partial charge in [0.15, 0.2) is 6.61 Å². The summed E-state index contributed by atoms with van der Waals surface area (Å²) in [6, 6.07) is 2.23. The normalized spacial score (nSPS) is 27.5. The Morgan fingerprint density at radius 2 is 1.84 bits per heavy atom. The lowest BCUT2D eigenvalue weighted by atomic mass is 9.83. The number of fused-ring (bicyclic) bond motifs is 3. The fraction of sp³-hybridized carbons (Fsp3) is 0.643. The first kappa shape index (κ1) is 44.3. The van der Waals surface area contributed by atoms with Crippen molar-refractivity contribution >= 4 is 44.7 Å². The molecule has 61 heavy (non-hydrogen) atoms. The SMILES string of the molecule is C=C[C@H]1C[C@]1(NC(=O)[C@@H]1C[C@@H]2CN1C(=O)[C@H](C1CCCCC1)NC(=O)OCC(C)(C)CCCc1cc3c(cc(OCC(F)(F)F)nc3cc1OC)O2)C(=O)NS(=O)(=O)C1CC1. The van der Waals surface area contributed by atoms with Crippen LogP contribution in [0.25, 0.3) is 10.9 Å². The largest absolute Gasteiger partial charge is 0.496 e. The summed E-state index contributed by atoms with van der Waals surface area (Å²) >= 11 is 0. The molecule has 3 heterocycles. The number of hydrogen-bond donors (Lipinski definition) is 3. The highest BCUT2D eigenvalue weighted by molar-refractivity contribution is 7.91. The van der Waals surface area contributed by atoms with Gasteiger partial charge in [-0.2, -0.15) is 13.2 Å². The van der Waals surface area contributed by atoms with E-state index in [-0.39, 0.29) is 49.1 Å². The molecule has 3 aliphatic carbocycles. The predicted molar refractivity (Wildman–Crippen MR) is 215 cm³/mol. The third-order valence-electron chi connectivity index (χ3n) is 12.5. The maximum absolute atomic E-state index is 14.9. The molecule has 334 valence electrons. The number of alkyl halides is 3. The number of nitrogens with zero attached hydrogens (tertiary/aromatic N) is 2. The molecule has 2 aromatic rings. The average molecular weight is 878 g/mol. The van der Waals surface area contributed by atoms with Gasteiger partial charge in [0.1, 0.15) is 35.2 Å². The number of aromatic nitrogens is 1. The fourth-order valence-electron chi connectivity index (χ4n) is 8.82. The number of rotatable bonds is 10. The molecule has 4 bridgehead atoms. The summed E-state index contributed by atoms with van der Waals surface area (Å²) in [4.78, 5) is 62.3. The summed E-state index contributed by atoms with van der Waals surface area (Å²) in [5, 5.41) is 5.31. The van der Waals surface area contributed by atoms with E-state index >= 15 is 0 Å². The van der Waals surface area contributed by atoms with Crippen molar-refractivity contribution in [3.8, 4) is 17.4 Å². The topological polar surface area (TPSA) is 192 Å². The van der Waals surface area contributed by atoms with Crippen LogP contribution in [0.5, 0.6) is 17.4 Å². The number of pyridine rings is 1. The molecule has 19 heteroatoms. The molecule has 5 atom stereocenters. The molecule has 0 spiro atoms. The van der Waals surface area contributed by atoms with Crippen LogP contribution in [0.3, 0.4) is 0 Å². The summed E-state index contributed by atoms with van der Waals surface area (Å²) in [6.07, 6.45) is 1.43. The molecule has 15 nitrogen and oxygen atoms in total. The van der Waals surface area contributed by atoms with Gasteiger partial charge < -0.3 is 34.5 Å². The second-order valence-electron chi connectivity index (χ2n) is 17.8. The number of carbonyl (C=O) groups is 4. The van der Waals surface area contributed by atoms with Gasteiger partial charge >= 0.3 is 12.3 Å². The van der Waals surface area contributed by atoms with Crippen LogP contribution in [0, 0.1) is 17.3 Å². The predicted octanol–water partition coefficient (Wildman–Crippen LogP) is 5.24. The lowest BCUT2D eigenvalue weighted by molar-refractivity contribution is -0.154. The van der Waals surface area contributed by atoms with Crippen LogP contribution in [0.2, 0.25) is 0 Å². The first-order valence-corrected chi connectivity index (χ1v) is 22.5. The van der Waals surface area contributed by atoms with Crippen LogP contribution >= 0.6 is 0 Å². The van der Waals surface area contributed by atoms with E-state index in [1.54, 1.807) is 12.1 Å². The maximum Gasteiger partial charge on any atom is 0.422 e. The number of benzene rings is 1. The van der Waals surface area contributed by atoms with Gasteiger partial charge in [0.05, 0.1) is 31.0 Å². The minimum Gasteiger partial charge on any atom is -0.496 e. The molecule has 1 saturated heterocycles. The zero-order chi connectivity index (χ0) is 43.9. The van der Waals surface area contributed by atoms with E-state index in [0.29, 0.717) is 56.1 Å². The molecule has 3 N–H and O–H groups in total. The average Bonchev–Trinajstić information content (AvgIpc) is 4.14. The highest BCUT2D eigenvalue weighted by Crippen LogP contribution is 2.46. The van der Waals surface area contributed by atoms with Crippen molar-refractivity contribution in [1.82, 2.24) is 25.2 Å². The molecule has 1 aromatic carbocycles. The van der Waals surface area contributed by atoms with Gasteiger partial charge in [-0.15, -0.1) is 6.58 Å². The summed E-state index contributed by atoms with van der Waals surface area (Å²) < 4.78 is 90.8. The smallest absolute Gasteiger partial charge is 0.422 e. The molecule has 7 rings (SSSR count). The van der Waals surface area contributed by atoms with Crippen LogP contribution < -0.4 is 29.6 Å². The van der Waals surface area contributed by atoms with Crippen LogP contribution in [-0.2, 0) is 35.6 Å². The minimum atomic E-state index is -4.67. The number of aryl methyl sites for hydroxylation is 1. The van der Waals surface area contributed by atoms with Crippen molar-refractivity contribution in [1.29, 1.82) is 0 Å². The van der Waals surface area contributed by atoms with E-state index in [0.717, 1.165) is 24.8 Å². The zero-order valence-corrected chi connectivity index (χ0v) is 35.4. The number of cyclic esters (lactones) is 1. The number of sulfonamides is 1. The molecule has 3 saturated carbocycles. The third kappa shape index (κ3) is 10.1. The first-order valence-electron chi connectivity index (χ1n) is 20.9. The Kier molecular flexibility index (Phi) is 12.4. The highest BCUT2D eigenvalue weighted by Gasteiger charge is 2.62. The number of alkyl carbamates (subject to hydrolysis) is 1. The molecule has 5 aliphatic rings. The molecular weight excluding hydrogens is 824 g/mol. The van der Waals surface area contributed by atoms with Crippen LogP contribution in [0.1, 0.15) is 90.0 Å². The molecule has 2 aliphatic heterocycles. The number of methoxy groups -OCH3 is 1. The zero-order valence-electron chi connectivity index (χ0n) is 34.6. The number of carbonyl (C=O) groups excluding carboxylic acids is 4. The molecule has 4 amide bonds. The Hall–Kier alpha value is -4.81. The van der Waals surface area contributed by atoms with Gasteiger partial charge in [0.25, 0.3) is 5.91 Å². The number of ether oxygens (including phenoxy) is 4. The molecule has 0 unspecified atom stereocenters. The van der Waals surface area contributed by atoms with Gasteiger partial charge in [0, 0.05) is 29.9 Å². The second kappa shape index (κ2) is 17.2. The minimum absolute atomic E-state index is 0.0454. The van der Waals surface area contributed by atoms with Gasteiger partial charge in [0.2, 0.25) is 27.7 Å². The van der Waals surface area contributed by atoms with Crippen molar-refractivity contribution in [2.45, 2.75) is 126 Å². The maximum atomic E-state index is 14.9. The monoisotopic (exact) mass is 877 g/mol.